The van der Waals surface area contributed by atoms with E-state index >= 15 is 0 Å². The van der Waals surface area contributed by atoms with E-state index < -0.39 is 5.97 Å². The number of aliphatic carboxylic acids is 1. The normalized spacial score (nSPS) is 9.50. The molecule has 0 aliphatic rings. The van der Waals surface area contributed by atoms with Crippen molar-refractivity contribution in [1.29, 1.82) is 0 Å². The van der Waals surface area contributed by atoms with Crippen LogP contribution in [-0.4, -0.2) is 44.4 Å². The van der Waals surface area contributed by atoms with E-state index in [0.717, 1.165) is 17.4 Å². The Hall–Kier alpha value is -0.887. The number of rotatable bonds is 3. The van der Waals surface area contributed by atoms with Gasteiger partial charge in [0.25, 0.3) is 0 Å². The maximum atomic E-state index is 10.2. The molecule has 3 radical (unpaired) electrons. The second-order valence-corrected chi connectivity index (χ2v) is 2.44. The Labute approximate surface area is 102 Å². The average Bonchev–Trinajstić information content (AvgIpc) is 2.15. The van der Waals surface area contributed by atoms with Gasteiger partial charge in [-0.25, -0.2) is 4.79 Å². The molecule has 0 aliphatic heterocycles. The van der Waals surface area contributed by atoms with Gasteiger partial charge in [0.05, 0.1) is 7.11 Å². The van der Waals surface area contributed by atoms with E-state index in [1.165, 1.54) is 6.08 Å². The Balaban J connectivity index is 0.00000169. The van der Waals surface area contributed by atoms with Gasteiger partial charge in [-0.1, -0.05) is 12.1 Å². The van der Waals surface area contributed by atoms with Crippen LogP contribution < -0.4 is 4.74 Å². The van der Waals surface area contributed by atoms with Crippen molar-refractivity contribution in [3.05, 3.63) is 35.9 Å². The first-order valence-electron chi connectivity index (χ1n) is 3.77. The summed E-state index contributed by atoms with van der Waals surface area (Å²) in [5.74, 6) is -0.191. The fourth-order valence-corrected chi connectivity index (χ4v) is 0.883. The Morgan fingerprint density at radius 3 is 2.36 bits per heavy atom. The summed E-state index contributed by atoms with van der Waals surface area (Å²) in [6, 6.07) is 7.14. The van der Waals surface area contributed by atoms with E-state index in [1.54, 1.807) is 31.4 Å². The van der Waals surface area contributed by atoms with Crippen molar-refractivity contribution in [2.75, 3.05) is 7.11 Å². The Bertz CT molecular complexity index is 317. The van der Waals surface area contributed by atoms with Crippen LogP contribution in [0, 0.1) is 0 Å². The average molecular weight is 387 g/mol. The van der Waals surface area contributed by atoms with E-state index in [9.17, 15) is 4.79 Å². The molecule has 0 spiro atoms. The predicted octanol–water partition coefficient (Wildman–Crippen LogP) is 1.41. The number of methoxy groups -OCH3 is 1. The molecule has 4 heteroatoms. The first kappa shape index (κ1) is 13.1. The van der Waals surface area contributed by atoms with Crippen LogP contribution >= 0.6 is 0 Å². The van der Waals surface area contributed by atoms with Crippen LogP contribution in [0.5, 0.6) is 5.75 Å². The summed E-state index contributed by atoms with van der Waals surface area (Å²) in [5, 5.41) is 8.36. The Morgan fingerprint density at radius 2 is 1.93 bits per heavy atom. The van der Waals surface area contributed by atoms with Gasteiger partial charge in [-0.05, 0) is 23.8 Å². The summed E-state index contributed by atoms with van der Waals surface area (Å²) in [7, 11) is 1.59. The number of carboxylic acids is 1. The quantitative estimate of drug-likeness (QED) is 0.631. The van der Waals surface area contributed by atoms with Gasteiger partial charge < -0.3 is 9.84 Å². The number of ether oxygens (including phenoxy) is 1. The molecule has 3 nitrogen and oxygen atoms in total. The Morgan fingerprint density at radius 1 is 1.36 bits per heavy atom. The number of carboxylic acid groups (broad SMARTS) is 1. The van der Waals surface area contributed by atoms with Crippen molar-refractivity contribution in [3.8, 4) is 5.75 Å². The van der Waals surface area contributed by atoms with Crippen LogP contribution in [0.3, 0.4) is 0 Å². The van der Waals surface area contributed by atoms with Crippen molar-refractivity contribution >= 4 is 38.2 Å². The Kier molecular flexibility index (Phi) is 6.13. The predicted molar refractivity (Wildman–Crippen MR) is 55.4 cm³/mol. The molecule has 0 saturated carbocycles. The number of hydrogen-bond acceptors (Lipinski definition) is 2. The monoisotopic (exact) mass is 387 g/mol. The molecule has 1 aromatic rings. The molecular formula is C10H10BiO3. The minimum Gasteiger partial charge on any atom is -0.497 e. The SMILES string of the molecule is COc1ccc(C=CC(=O)O)cc1.[Bi]. The number of hydrogen-bond donors (Lipinski definition) is 1. The van der Waals surface area contributed by atoms with E-state index in [1.807, 2.05) is 0 Å². The molecule has 0 heterocycles. The van der Waals surface area contributed by atoms with Crippen LogP contribution in [-0.2, 0) is 4.79 Å². The molecule has 1 rings (SSSR count). The van der Waals surface area contributed by atoms with Crippen LogP contribution in [0.1, 0.15) is 5.56 Å². The molecule has 1 N–H and O–H groups in total. The zero-order chi connectivity index (χ0) is 9.68. The van der Waals surface area contributed by atoms with Crippen molar-refractivity contribution in [2.45, 2.75) is 0 Å². The third-order valence-electron chi connectivity index (χ3n) is 1.53. The standard InChI is InChI=1S/C10H10O3.Bi/c1-13-9-5-2-8(3-6-9)4-7-10(11)12;/h2-7H,1H3,(H,11,12);. The molecule has 0 fully saturated rings. The summed E-state index contributed by atoms with van der Waals surface area (Å²) in [6.07, 6.45) is 2.63. The number of benzene rings is 1. The van der Waals surface area contributed by atoms with Crippen molar-refractivity contribution in [3.63, 3.8) is 0 Å². The maximum Gasteiger partial charge on any atom is 0.328 e. The van der Waals surface area contributed by atoms with Crippen LogP contribution in [0.4, 0.5) is 0 Å². The molecular weight excluding hydrogens is 377 g/mol. The molecule has 0 aliphatic carbocycles. The van der Waals surface area contributed by atoms with Crippen molar-refractivity contribution < 1.29 is 14.6 Å². The topological polar surface area (TPSA) is 46.5 Å². The first-order chi connectivity index (χ1) is 6.22. The minimum atomic E-state index is -0.948. The molecule has 0 amide bonds. The molecule has 1 aromatic carbocycles. The summed E-state index contributed by atoms with van der Waals surface area (Å²) < 4.78 is 4.95. The summed E-state index contributed by atoms with van der Waals surface area (Å²) >= 11 is 0. The fourth-order valence-electron chi connectivity index (χ4n) is 0.883. The smallest absolute Gasteiger partial charge is 0.328 e. The molecule has 0 aromatic heterocycles. The van der Waals surface area contributed by atoms with Crippen LogP contribution in [0.2, 0.25) is 0 Å². The zero-order valence-corrected chi connectivity index (χ0v) is 11.2. The molecule has 0 saturated heterocycles. The van der Waals surface area contributed by atoms with Gasteiger partial charge in [0.2, 0.25) is 0 Å². The molecule has 0 bridgehead atoms. The van der Waals surface area contributed by atoms with Gasteiger partial charge in [-0.3, -0.25) is 0 Å². The third kappa shape index (κ3) is 4.38. The third-order valence-corrected chi connectivity index (χ3v) is 1.53. The molecule has 73 valence electrons. The first-order valence-corrected chi connectivity index (χ1v) is 3.77. The largest absolute Gasteiger partial charge is 0.497 e. The maximum absolute atomic E-state index is 10.2. The van der Waals surface area contributed by atoms with E-state index in [4.69, 9.17) is 9.84 Å². The van der Waals surface area contributed by atoms with Crippen LogP contribution in [0.15, 0.2) is 30.3 Å². The number of carbonyl (C=O) groups is 1. The van der Waals surface area contributed by atoms with Gasteiger partial charge >= 0.3 is 5.97 Å². The van der Waals surface area contributed by atoms with Gasteiger partial charge in [-0.2, -0.15) is 0 Å². The van der Waals surface area contributed by atoms with Gasteiger partial charge in [0.1, 0.15) is 5.75 Å². The molecule has 0 unspecified atom stereocenters. The summed E-state index contributed by atoms with van der Waals surface area (Å²) in [4.78, 5) is 10.2. The minimum absolute atomic E-state index is 0. The van der Waals surface area contributed by atoms with E-state index in [2.05, 4.69) is 0 Å². The van der Waals surface area contributed by atoms with Crippen molar-refractivity contribution in [2.24, 2.45) is 0 Å². The summed E-state index contributed by atoms with van der Waals surface area (Å²) in [6.45, 7) is 0. The zero-order valence-electron chi connectivity index (χ0n) is 7.68. The second kappa shape index (κ2) is 6.55. The van der Waals surface area contributed by atoms with Crippen LogP contribution in [0.25, 0.3) is 6.08 Å². The van der Waals surface area contributed by atoms with Gasteiger partial charge in [0.15, 0.2) is 0 Å². The molecule has 0 atom stereocenters. The van der Waals surface area contributed by atoms with Crippen molar-refractivity contribution in [1.82, 2.24) is 0 Å². The van der Waals surface area contributed by atoms with Gasteiger partial charge in [-0.15, -0.1) is 0 Å². The molecule has 14 heavy (non-hydrogen) atoms. The summed E-state index contributed by atoms with van der Waals surface area (Å²) in [5.41, 5.74) is 0.836. The fraction of sp³-hybridized carbons (Fsp3) is 0.100. The van der Waals surface area contributed by atoms with E-state index in [0.29, 0.717) is 0 Å². The van der Waals surface area contributed by atoms with E-state index in [-0.39, 0.29) is 26.2 Å². The van der Waals surface area contributed by atoms with Gasteiger partial charge in [0, 0.05) is 32.3 Å². The second-order valence-electron chi connectivity index (χ2n) is 2.44.